The van der Waals surface area contributed by atoms with Gasteiger partial charge in [-0.3, -0.25) is 14.4 Å². The Hall–Kier alpha value is -3.40. The molecule has 0 radical (unpaired) electrons. The van der Waals surface area contributed by atoms with Crippen molar-refractivity contribution in [2.75, 3.05) is 23.7 Å². The van der Waals surface area contributed by atoms with Gasteiger partial charge in [0, 0.05) is 37.0 Å². The number of thioether (sulfide) groups is 1. The van der Waals surface area contributed by atoms with E-state index < -0.39 is 11.2 Å². The van der Waals surface area contributed by atoms with E-state index in [1.807, 2.05) is 0 Å². The number of aromatic nitrogens is 1. The first-order valence-corrected chi connectivity index (χ1v) is 11.3. The number of nitrogens with one attached hydrogen (secondary N) is 2. The van der Waals surface area contributed by atoms with Crippen LogP contribution in [0.3, 0.4) is 0 Å². The van der Waals surface area contributed by atoms with Crippen LogP contribution in [0.5, 0.6) is 5.75 Å². The second kappa shape index (κ2) is 9.82. The zero-order chi connectivity index (χ0) is 22.5. The lowest BCUT2D eigenvalue weighted by Gasteiger charge is -2.27. The number of nitrogens with zero attached hydrogens (tertiary/aromatic N) is 3. The number of anilines is 2. The molecule has 1 saturated heterocycles. The summed E-state index contributed by atoms with van der Waals surface area (Å²) in [5.74, 6) is -1.18. The van der Waals surface area contributed by atoms with E-state index in [1.54, 1.807) is 24.3 Å². The quantitative estimate of drug-likeness (QED) is 0.636. The van der Waals surface area contributed by atoms with Gasteiger partial charge in [0.25, 0.3) is 11.8 Å². The molecule has 3 amide bonds. The van der Waals surface area contributed by atoms with Crippen LogP contribution in [0.2, 0.25) is 0 Å². The topological polar surface area (TPSA) is 124 Å². The van der Waals surface area contributed by atoms with Crippen LogP contribution >= 0.6 is 11.8 Å². The maximum Gasteiger partial charge on any atom is 0.262 e. The van der Waals surface area contributed by atoms with Crippen molar-refractivity contribution in [3.8, 4) is 5.75 Å². The van der Waals surface area contributed by atoms with Gasteiger partial charge in [0.2, 0.25) is 5.91 Å². The molecule has 10 heteroatoms. The molecule has 0 aliphatic carbocycles. The summed E-state index contributed by atoms with van der Waals surface area (Å²) in [5.41, 5.74) is 0.718. The molecule has 0 saturated carbocycles. The molecule has 9 nitrogen and oxygen atoms in total. The summed E-state index contributed by atoms with van der Waals surface area (Å²) in [6.07, 6.45) is 4.82. The normalized spacial score (nSPS) is 18.2. The number of rotatable bonds is 5. The lowest BCUT2D eigenvalue weighted by Crippen LogP contribution is -2.33. The van der Waals surface area contributed by atoms with E-state index in [0.717, 1.165) is 25.9 Å². The molecule has 0 unspecified atom stereocenters. The number of pyridine rings is 1. The maximum absolute atomic E-state index is 12.5. The zero-order valence-corrected chi connectivity index (χ0v) is 18.1. The smallest absolute Gasteiger partial charge is 0.262 e. The number of hydrogen-bond donors (Lipinski definition) is 3. The lowest BCUT2D eigenvalue weighted by molar-refractivity contribution is -0.121. The van der Waals surface area contributed by atoms with Crippen LogP contribution in [-0.2, 0) is 9.59 Å². The van der Waals surface area contributed by atoms with Crippen molar-refractivity contribution in [2.24, 2.45) is 4.99 Å². The average Bonchev–Trinajstić information content (AvgIpc) is 3.16. The molecule has 2 aliphatic rings. The summed E-state index contributed by atoms with van der Waals surface area (Å²) in [4.78, 5) is 47.4. The molecule has 1 aromatic heterocycles. The maximum atomic E-state index is 12.5. The third-order valence-electron chi connectivity index (χ3n) is 5.15. The van der Waals surface area contributed by atoms with Gasteiger partial charge in [-0.2, -0.15) is 4.99 Å². The number of amidine groups is 1. The highest BCUT2D eigenvalue weighted by Crippen LogP contribution is 2.29. The minimum atomic E-state index is -0.537. The number of likely N-dealkylation sites (tertiary alicyclic amines) is 1. The van der Waals surface area contributed by atoms with E-state index in [9.17, 15) is 19.5 Å². The van der Waals surface area contributed by atoms with Crippen molar-refractivity contribution in [3.05, 3.63) is 48.2 Å². The van der Waals surface area contributed by atoms with E-state index in [1.165, 1.54) is 36.5 Å². The van der Waals surface area contributed by atoms with Crippen molar-refractivity contribution in [1.82, 2.24) is 9.88 Å². The molecule has 0 spiro atoms. The van der Waals surface area contributed by atoms with Crippen LogP contribution in [0.25, 0.3) is 0 Å². The monoisotopic (exact) mass is 453 g/mol. The summed E-state index contributed by atoms with van der Waals surface area (Å²) in [6, 6.07) is 9.37. The van der Waals surface area contributed by atoms with Crippen LogP contribution in [0.15, 0.2) is 47.6 Å². The Morgan fingerprint density at radius 2 is 1.94 bits per heavy atom. The van der Waals surface area contributed by atoms with Gasteiger partial charge >= 0.3 is 0 Å². The fourth-order valence-electron chi connectivity index (χ4n) is 3.52. The largest absolute Gasteiger partial charge is 0.504 e. The van der Waals surface area contributed by atoms with Crippen LogP contribution in [0.4, 0.5) is 11.5 Å². The van der Waals surface area contributed by atoms with Gasteiger partial charge < -0.3 is 20.6 Å². The van der Waals surface area contributed by atoms with Crippen LogP contribution in [-0.4, -0.2) is 56.2 Å². The van der Waals surface area contributed by atoms with Gasteiger partial charge in [0.15, 0.2) is 16.7 Å². The van der Waals surface area contributed by atoms with Crippen molar-refractivity contribution >= 4 is 46.2 Å². The highest BCUT2D eigenvalue weighted by Gasteiger charge is 2.33. The Morgan fingerprint density at radius 3 is 2.72 bits per heavy atom. The highest BCUT2D eigenvalue weighted by atomic mass is 32.2. The zero-order valence-electron chi connectivity index (χ0n) is 17.3. The Kier molecular flexibility index (Phi) is 6.69. The van der Waals surface area contributed by atoms with Crippen molar-refractivity contribution in [1.29, 1.82) is 0 Å². The summed E-state index contributed by atoms with van der Waals surface area (Å²) in [7, 11) is 0. The molecule has 2 aliphatic heterocycles. The number of aromatic hydroxyl groups is 1. The van der Waals surface area contributed by atoms with E-state index in [4.69, 9.17) is 0 Å². The fourth-order valence-corrected chi connectivity index (χ4v) is 4.64. The lowest BCUT2D eigenvalue weighted by atomic mass is 10.1. The molecule has 2 aromatic rings. The van der Waals surface area contributed by atoms with Crippen LogP contribution in [0, 0.1) is 0 Å². The minimum absolute atomic E-state index is 0.00255. The van der Waals surface area contributed by atoms with Crippen LogP contribution in [0.1, 0.15) is 36.0 Å². The van der Waals surface area contributed by atoms with Crippen molar-refractivity contribution in [3.63, 3.8) is 0 Å². The Labute approximate surface area is 189 Å². The van der Waals surface area contributed by atoms with Crippen LogP contribution < -0.4 is 10.6 Å². The van der Waals surface area contributed by atoms with Gasteiger partial charge in [0.1, 0.15) is 5.25 Å². The Balaban J connectivity index is 1.33. The van der Waals surface area contributed by atoms with E-state index in [2.05, 4.69) is 25.5 Å². The number of hydrogen-bond acceptors (Lipinski definition) is 7. The number of amides is 3. The summed E-state index contributed by atoms with van der Waals surface area (Å²) < 4.78 is 0. The van der Waals surface area contributed by atoms with Gasteiger partial charge in [-0.05, 0) is 49.6 Å². The first kappa shape index (κ1) is 21.8. The summed E-state index contributed by atoms with van der Waals surface area (Å²) >= 11 is 1.35. The molecule has 1 atom stereocenters. The van der Waals surface area contributed by atoms with Gasteiger partial charge in [-0.15, -0.1) is 0 Å². The predicted molar refractivity (Wildman–Crippen MR) is 123 cm³/mol. The molecule has 0 bridgehead atoms. The second-order valence-electron chi connectivity index (χ2n) is 7.55. The fraction of sp³-hybridized carbons (Fsp3) is 0.318. The Morgan fingerprint density at radius 1 is 1.12 bits per heavy atom. The summed E-state index contributed by atoms with van der Waals surface area (Å²) in [5, 5.41) is 15.2. The average molecular weight is 454 g/mol. The van der Waals surface area contributed by atoms with Gasteiger partial charge in [-0.25, -0.2) is 4.98 Å². The molecule has 4 rings (SSSR count). The molecule has 1 aromatic carbocycles. The first-order chi connectivity index (χ1) is 15.5. The number of aliphatic imine (C=N–C) groups is 1. The third-order valence-corrected chi connectivity index (χ3v) is 6.37. The standard InChI is InChI=1S/C22H23N5O4S/c28-16-8-5-9-23-19(16)25-20(30)14-6-4-7-15(12-14)24-18(29)13-17-21(31)26-22(32-17)27-10-2-1-3-11-27/h4-9,12,17,28H,1-3,10-11,13H2,(H,24,29)(H,23,25,30)/t17-/m1/s1. The van der Waals surface area contributed by atoms with Crippen molar-refractivity contribution < 1.29 is 19.5 Å². The second-order valence-corrected chi connectivity index (χ2v) is 8.72. The van der Waals surface area contributed by atoms with E-state index in [0.29, 0.717) is 10.9 Å². The molecule has 3 heterocycles. The van der Waals surface area contributed by atoms with E-state index >= 15 is 0 Å². The SMILES string of the molecule is O=C(C[C@H]1SC(N2CCCCC2)=NC1=O)Nc1cccc(C(=O)Nc2ncccc2O)c1. The van der Waals surface area contributed by atoms with Gasteiger partial charge in [-0.1, -0.05) is 17.8 Å². The molecule has 166 valence electrons. The number of benzene rings is 1. The molecule has 32 heavy (non-hydrogen) atoms. The first-order valence-electron chi connectivity index (χ1n) is 10.4. The predicted octanol–water partition coefficient (Wildman–Crippen LogP) is 2.85. The number of carbonyl (C=O) groups is 3. The Bertz CT molecular complexity index is 1070. The van der Waals surface area contributed by atoms with E-state index in [-0.39, 0.29) is 35.4 Å². The van der Waals surface area contributed by atoms with Gasteiger partial charge in [0.05, 0.1) is 0 Å². The molecule has 1 fully saturated rings. The van der Waals surface area contributed by atoms with Crippen molar-refractivity contribution in [2.45, 2.75) is 30.9 Å². The number of carbonyl (C=O) groups excluding carboxylic acids is 3. The minimum Gasteiger partial charge on any atom is -0.504 e. The molecule has 3 N–H and O–H groups in total. The summed E-state index contributed by atoms with van der Waals surface area (Å²) in [6.45, 7) is 1.78. The molecular weight excluding hydrogens is 430 g/mol. The third kappa shape index (κ3) is 5.25. The number of piperidine rings is 1. The highest BCUT2D eigenvalue weighted by molar-refractivity contribution is 8.15. The molecular formula is C22H23N5O4S.